The molecule has 0 spiro atoms. The highest BCUT2D eigenvalue weighted by atomic mass is 16.5. The Bertz CT molecular complexity index is 268. The number of hydrogen-bond acceptors (Lipinski definition) is 3. The summed E-state index contributed by atoms with van der Waals surface area (Å²) in [6.45, 7) is 1.55. The van der Waals surface area contributed by atoms with Gasteiger partial charge in [0.05, 0.1) is 12.7 Å². The van der Waals surface area contributed by atoms with Gasteiger partial charge in [-0.25, -0.2) is 4.98 Å². The van der Waals surface area contributed by atoms with E-state index < -0.39 is 0 Å². The van der Waals surface area contributed by atoms with Crippen LogP contribution in [0.25, 0.3) is 0 Å². The molecule has 1 aliphatic rings. The van der Waals surface area contributed by atoms with Crippen molar-refractivity contribution in [3.63, 3.8) is 0 Å². The molecule has 0 saturated heterocycles. The molecule has 1 saturated carbocycles. The van der Waals surface area contributed by atoms with Gasteiger partial charge in [-0.3, -0.25) is 0 Å². The highest BCUT2D eigenvalue weighted by Crippen LogP contribution is 2.21. The molecule has 1 heterocycles. The molecular weight excluding hydrogens is 166 g/mol. The molecule has 4 nitrogen and oxygen atoms in total. The molecule has 0 aliphatic heterocycles. The zero-order chi connectivity index (χ0) is 9.10. The molecule has 1 aromatic heterocycles. The lowest BCUT2D eigenvalue weighted by atomic mass is 9.96. The van der Waals surface area contributed by atoms with Crippen molar-refractivity contribution in [2.75, 3.05) is 12.3 Å². The molecule has 1 aliphatic carbocycles. The molecule has 0 bridgehead atoms. The summed E-state index contributed by atoms with van der Waals surface area (Å²) in [7, 11) is 0. The maximum Gasteiger partial charge on any atom is 0.200 e. The van der Waals surface area contributed by atoms with Gasteiger partial charge in [0.15, 0.2) is 5.95 Å². The van der Waals surface area contributed by atoms with E-state index >= 15 is 0 Å². The molecule has 72 valence electrons. The third-order valence-corrected chi connectivity index (χ3v) is 2.49. The first-order valence-corrected chi connectivity index (χ1v) is 4.74. The van der Waals surface area contributed by atoms with Gasteiger partial charge >= 0.3 is 0 Å². The van der Waals surface area contributed by atoms with Crippen molar-refractivity contribution in [3.05, 3.63) is 12.4 Å². The minimum Gasteiger partial charge on any atom is -0.376 e. The summed E-state index contributed by atoms with van der Waals surface area (Å²) in [5.74, 6) is 0.567. The Hall–Kier alpha value is -1.03. The second kappa shape index (κ2) is 3.79. The van der Waals surface area contributed by atoms with Crippen LogP contribution in [0.5, 0.6) is 0 Å². The van der Waals surface area contributed by atoms with E-state index in [1.165, 1.54) is 19.3 Å². The first kappa shape index (κ1) is 8.56. The average molecular weight is 181 g/mol. The second-order valence-corrected chi connectivity index (χ2v) is 3.40. The number of nitrogen functional groups attached to an aromatic ring is 1. The van der Waals surface area contributed by atoms with Crippen molar-refractivity contribution in [1.82, 2.24) is 9.55 Å². The van der Waals surface area contributed by atoms with E-state index in [-0.39, 0.29) is 0 Å². The van der Waals surface area contributed by atoms with Gasteiger partial charge in [0.2, 0.25) is 0 Å². The lowest BCUT2D eigenvalue weighted by Gasteiger charge is -2.25. The molecule has 2 rings (SSSR count). The van der Waals surface area contributed by atoms with E-state index in [0.29, 0.717) is 12.1 Å². The number of nitrogens with two attached hydrogens (primary N) is 1. The van der Waals surface area contributed by atoms with Crippen LogP contribution in [-0.2, 0) is 11.3 Å². The van der Waals surface area contributed by atoms with Crippen molar-refractivity contribution in [2.45, 2.75) is 31.9 Å². The van der Waals surface area contributed by atoms with E-state index in [1.54, 1.807) is 6.20 Å². The fourth-order valence-electron chi connectivity index (χ4n) is 1.38. The predicted molar refractivity (Wildman–Crippen MR) is 50.2 cm³/mol. The van der Waals surface area contributed by atoms with Gasteiger partial charge in [-0.2, -0.15) is 0 Å². The van der Waals surface area contributed by atoms with Crippen molar-refractivity contribution in [3.8, 4) is 0 Å². The molecule has 0 amide bonds. The Labute approximate surface area is 77.7 Å². The minimum atomic E-state index is 0.504. The van der Waals surface area contributed by atoms with E-state index in [9.17, 15) is 0 Å². The molecule has 0 unspecified atom stereocenters. The SMILES string of the molecule is Nc1nccn1CCOC1CCC1. The zero-order valence-electron chi connectivity index (χ0n) is 7.65. The number of nitrogens with zero attached hydrogens (tertiary/aromatic N) is 2. The molecular formula is C9H15N3O. The monoisotopic (exact) mass is 181 g/mol. The van der Waals surface area contributed by atoms with Gasteiger partial charge in [-0.15, -0.1) is 0 Å². The molecule has 0 aromatic carbocycles. The Morgan fingerprint density at radius 1 is 1.62 bits per heavy atom. The first-order valence-electron chi connectivity index (χ1n) is 4.74. The van der Waals surface area contributed by atoms with Crippen LogP contribution in [0.1, 0.15) is 19.3 Å². The van der Waals surface area contributed by atoms with Gasteiger partial charge in [0.1, 0.15) is 0 Å². The minimum absolute atomic E-state index is 0.504. The fourth-order valence-corrected chi connectivity index (χ4v) is 1.38. The Morgan fingerprint density at radius 3 is 3.00 bits per heavy atom. The molecule has 0 radical (unpaired) electrons. The van der Waals surface area contributed by atoms with Crippen LogP contribution in [0.15, 0.2) is 12.4 Å². The summed E-state index contributed by atoms with van der Waals surface area (Å²) >= 11 is 0. The summed E-state index contributed by atoms with van der Waals surface area (Å²) in [4.78, 5) is 3.93. The Balaban J connectivity index is 1.70. The molecule has 2 N–H and O–H groups in total. The van der Waals surface area contributed by atoms with Gasteiger partial charge < -0.3 is 15.0 Å². The van der Waals surface area contributed by atoms with Crippen LogP contribution in [0.4, 0.5) is 5.95 Å². The highest BCUT2D eigenvalue weighted by Gasteiger charge is 2.17. The smallest absolute Gasteiger partial charge is 0.200 e. The number of imidazole rings is 1. The van der Waals surface area contributed by atoms with E-state index in [2.05, 4.69) is 4.98 Å². The van der Waals surface area contributed by atoms with E-state index in [1.807, 2.05) is 10.8 Å². The second-order valence-electron chi connectivity index (χ2n) is 3.40. The van der Waals surface area contributed by atoms with E-state index in [4.69, 9.17) is 10.5 Å². The van der Waals surface area contributed by atoms with E-state index in [0.717, 1.165) is 13.2 Å². The third kappa shape index (κ3) is 2.01. The Morgan fingerprint density at radius 2 is 2.46 bits per heavy atom. The Kier molecular flexibility index (Phi) is 2.49. The van der Waals surface area contributed by atoms with Gasteiger partial charge in [-0.1, -0.05) is 0 Å². The van der Waals surface area contributed by atoms with Crippen molar-refractivity contribution >= 4 is 5.95 Å². The number of rotatable bonds is 4. The molecule has 4 heteroatoms. The van der Waals surface area contributed by atoms with Crippen molar-refractivity contribution in [2.24, 2.45) is 0 Å². The molecule has 0 atom stereocenters. The number of aromatic nitrogens is 2. The van der Waals surface area contributed by atoms with Crippen molar-refractivity contribution in [1.29, 1.82) is 0 Å². The fraction of sp³-hybridized carbons (Fsp3) is 0.667. The molecule has 1 aromatic rings. The van der Waals surface area contributed by atoms with Crippen LogP contribution in [-0.4, -0.2) is 22.3 Å². The average Bonchev–Trinajstić information content (AvgIpc) is 2.42. The molecule has 13 heavy (non-hydrogen) atoms. The van der Waals surface area contributed by atoms with Crippen LogP contribution >= 0.6 is 0 Å². The largest absolute Gasteiger partial charge is 0.376 e. The van der Waals surface area contributed by atoms with Gasteiger partial charge in [0.25, 0.3) is 0 Å². The highest BCUT2D eigenvalue weighted by molar-refractivity contribution is 5.16. The number of hydrogen-bond donors (Lipinski definition) is 1. The maximum absolute atomic E-state index is 5.60. The van der Waals surface area contributed by atoms with Crippen LogP contribution < -0.4 is 5.73 Å². The van der Waals surface area contributed by atoms with Crippen LogP contribution in [0, 0.1) is 0 Å². The predicted octanol–water partition coefficient (Wildman–Crippen LogP) is 1.03. The maximum atomic E-state index is 5.60. The summed E-state index contributed by atoms with van der Waals surface area (Å²) in [5, 5.41) is 0. The standard InChI is InChI=1S/C9H15N3O/c10-9-11-4-5-12(9)6-7-13-8-2-1-3-8/h4-5,8H,1-3,6-7H2,(H2,10,11). The quantitative estimate of drug-likeness (QED) is 0.755. The molecule has 1 fully saturated rings. The number of ether oxygens (including phenoxy) is 1. The number of anilines is 1. The normalized spacial score (nSPS) is 17.2. The van der Waals surface area contributed by atoms with Crippen LogP contribution in [0.2, 0.25) is 0 Å². The topological polar surface area (TPSA) is 53.1 Å². The zero-order valence-corrected chi connectivity index (χ0v) is 7.65. The lowest BCUT2D eigenvalue weighted by Crippen LogP contribution is -2.23. The van der Waals surface area contributed by atoms with Crippen LogP contribution in [0.3, 0.4) is 0 Å². The summed E-state index contributed by atoms with van der Waals surface area (Å²) < 4.78 is 7.50. The van der Waals surface area contributed by atoms with Crippen molar-refractivity contribution < 1.29 is 4.74 Å². The summed E-state index contributed by atoms with van der Waals surface area (Å²) in [6.07, 6.45) is 7.85. The van der Waals surface area contributed by atoms with Gasteiger partial charge in [-0.05, 0) is 19.3 Å². The third-order valence-electron chi connectivity index (χ3n) is 2.49. The first-order chi connectivity index (χ1) is 6.36. The lowest BCUT2D eigenvalue weighted by molar-refractivity contribution is -0.00115. The summed E-state index contributed by atoms with van der Waals surface area (Å²) in [5.41, 5.74) is 5.60. The summed E-state index contributed by atoms with van der Waals surface area (Å²) in [6, 6.07) is 0. The van der Waals surface area contributed by atoms with Gasteiger partial charge in [0, 0.05) is 18.9 Å².